The van der Waals surface area contributed by atoms with Crippen LogP contribution < -0.4 is 0 Å². The first kappa shape index (κ1) is 18.9. The predicted octanol–water partition coefficient (Wildman–Crippen LogP) is 4.03. The lowest BCUT2D eigenvalue weighted by molar-refractivity contribution is -0.145. The van der Waals surface area contributed by atoms with E-state index in [0.29, 0.717) is 18.5 Å². The summed E-state index contributed by atoms with van der Waals surface area (Å²) in [4.78, 5) is 9.31. The number of rotatable bonds is 3. The van der Waals surface area contributed by atoms with Crippen molar-refractivity contribution in [3.63, 3.8) is 0 Å². The van der Waals surface area contributed by atoms with E-state index in [-0.39, 0.29) is 0 Å². The van der Waals surface area contributed by atoms with Gasteiger partial charge in [-0.15, -0.1) is 0 Å². The van der Waals surface area contributed by atoms with Gasteiger partial charge in [0.05, 0.1) is 0 Å². The lowest BCUT2D eigenvalue weighted by Gasteiger charge is -2.14. The van der Waals surface area contributed by atoms with Gasteiger partial charge >= 0.3 is 6.18 Å². The molecule has 0 saturated carbocycles. The molecule has 3 heterocycles. The third kappa shape index (κ3) is 3.63. The highest BCUT2D eigenvalue weighted by Crippen LogP contribution is 2.30. The number of hydrogen-bond donors (Lipinski definition) is 0. The number of fused-ring (bicyclic) bond motifs is 3. The minimum atomic E-state index is -4.50. The van der Waals surface area contributed by atoms with Crippen LogP contribution >= 0.6 is 0 Å². The number of benzene rings is 1. The van der Waals surface area contributed by atoms with E-state index in [9.17, 15) is 13.2 Å². The molecular weight excluding hydrogens is 365 g/mol. The zero-order chi connectivity index (χ0) is 19.9. The summed E-state index contributed by atoms with van der Waals surface area (Å²) in [5, 5.41) is 1.30. The maximum atomic E-state index is 12.7. The van der Waals surface area contributed by atoms with Crippen molar-refractivity contribution in [2.24, 2.45) is 0 Å². The summed E-state index contributed by atoms with van der Waals surface area (Å²) in [5.41, 5.74) is 5.90. The van der Waals surface area contributed by atoms with Gasteiger partial charge in [0, 0.05) is 55.0 Å². The van der Waals surface area contributed by atoms with Crippen LogP contribution in [-0.4, -0.2) is 39.6 Å². The summed E-state index contributed by atoms with van der Waals surface area (Å²) in [6.45, 7) is 4.84. The molecule has 0 saturated heterocycles. The number of halogens is 3. The van der Waals surface area contributed by atoms with Gasteiger partial charge in [-0.05, 0) is 50.1 Å². The lowest BCUT2D eigenvalue weighted by atomic mass is 10.1. The van der Waals surface area contributed by atoms with Gasteiger partial charge in [0.15, 0.2) is 0 Å². The molecule has 1 aliphatic rings. The van der Waals surface area contributed by atoms with Crippen LogP contribution in [0.25, 0.3) is 10.9 Å². The minimum absolute atomic E-state index is 0.595. The summed E-state index contributed by atoms with van der Waals surface area (Å²) in [6, 6.07) is 6.52. The van der Waals surface area contributed by atoms with Crippen LogP contribution in [0.2, 0.25) is 0 Å². The monoisotopic (exact) mass is 388 g/mol. The molecule has 148 valence electrons. The average molecular weight is 388 g/mol. The fourth-order valence-corrected chi connectivity index (χ4v) is 3.99. The summed E-state index contributed by atoms with van der Waals surface area (Å²) in [7, 11) is 2.14. The summed E-state index contributed by atoms with van der Waals surface area (Å²) >= 11 is 0. The molecule has 0 amide bonds. The van der Waals surface area contributed by atoms with Gasteiger partial charge in [0.25, 0.3) is 0 Å². The van der Waals surface area contributed by atoms with Crippen molar-refractivity contribution in [1.29, 1.82) is 0 Å². The van der Waals surface area contributed by atoms with Gasteiger partial charge in [-0.3, -0.25) is 0 Å². The quantitative estimate of drug-likeness (QED) is 0.679. The molecule has 1 aliphatic heterocycles. The van der Waals surface area contributed by atoms with Gasteiger partial charge in [0.1, 0.15) is 0 Å². The number of aromatic nitrogens is 3. The van der Waals surface area contributed by atoms with Crippen LogP contribution in [0, 0.1) is 6.92 Å². The van der Waals surface area contributed by atoms with Crippen LogP contribution in [-0.2, 0) is 32.0 Å². The molecule has 0 atom stereocenters. The normalized spacial score (nSPS) is 15.6. The van der Waals surface area contributed by atoms with Crippen molar-refractivity contribution in [2.45, 2.75) is 38.9 Å². The first-order valence-electron chi connectivity index (χ1n) is 9.50. The van der Waals surface area contributed by atoms with Crippen LogP contribution in [0.3, 0.4) is 0 Å². The highest BCUT2D eigenvalue weighted by atomic mass is 19.4. The molecule has 0 spiro atoms. The number of alkyl halides is 3. The second kappa shape index (κ2) is 7.20. The van der Waals surface area contributed by atoms with Gasteiger partial charge in [0.2, 0.25) is 5.82 Å². The molecule has 4 nitrogen and oxygen atoms in total. The lowest BCUT2D eigenvalue weighted by Crippen LogP contribution is -2.21. The Morgan fingerprint density at radius 1 is 1.07 bits per heavy atom. The molecular formula is C21H23F3N4. The Hall–Kier alpha value is -2.41. The van der Waals surface area contributed by atoms with E-state index < -0.39 is 12.0 Å². The molecule has 0 N–H and O–H groups in total. The second-order valence-electron chi connectivity index (χ2n) is 7.56. The predicted molar refractivity (Wildman–Crippen MR) is 102 cm³/mol. The maximum Gasteiger partial charge on any atom is 0.451 e. The molecule has 0 unspecified atom stereocenters. The molecule has 28 heavy (non-hydrogen) atoms. The number of aryl methyl sites for hydroxylation is 3. The van der Waals surface area contributed by atoms with E-state index in [1.165, 1.54) is 40.1 Å². The average Bonchev–Trinajstić information content (AvgIpc) is 2.79. The second-order valence-corrected chi connectivity index (χ2v) is 7.56. The van der Waals surface area contributed by atoms with Crippen LogP contribution in [0.4, 0.5) is 13.2 Å². The molecule has 0 bridgehead atoms. The van der Waals surface area contributed by atoms with Crippen molar-refractivity contribution in [1.82, 2.24) is 19.4 Å². The first-order valence-corrected chi connectivity index (χ1v) is 9.50. The fourth-order valence-electron chi connectivity index (χ4n) is 3.99. The molecule has 0 radical (unpaired) electrons. The minimum Gasteiger partial charge on any atom is -0.344 e. The van der Waals surface area contributed by atoms with E-state index in [1.807, 2.05) is 0 Å². The third-order valence-corrected chi connectivity index (χ3v) is 5.50. The molecule has 2 aromatic heterocycles. The molecule has 0 fully saturated rings. The maximum absolute atomic E-state index is 12.7. The standard InChI is InChI=1S/C21H23F3N4/c1-14-3-4-18-17(11-14)16-6-8-27(2)9-7-19(16)28(18)10-5-15-12-25-20(26-13-15)21(22,23)24/h3-4,11-13H,5-10H2,1-2H3. The van der Waals surface area contributed by atoms with E-state index in [2.05, 4.69) is 51.6 Å². The summed E-state index contributed by atoms with van der Waals surface area (Å²) in [5.74, 6) is -1.09. The van der Waals surface area contributed by atoms with Crippen LogP contribution in [0.5, 0.6) is 0 Å². The van der Waals surface area contributed by atoms with Gasteiger partial charge in [-0.2, -0.15) is 13.2 Å². The summed E-state index contributed by atoms with van der Waals surface area (Å²) < 4.78 is 40.3. The SMILES string of the molecule is Cc1ccc2c(c1)c1c(n2CCc2cnc(C(F)(F)F)nc2)CCN(C)CC1. The molecule has 4 rings (SSSR count). The molecule has 0 aliphatic carbocycles. The molecule has 1 aromatic carbocycles. The van der Waals surface area contributed by atoms with Crippen molar-refractivity contribution in [3.8, 4) is 0 Å². The molecule has 3 aromatic rings. The molecule has 7 heteroatoms. The highest BCUT2D eigenvalue weighted by Gasteiger charge is 2.34. The van der Waals surface area contributed by atoms with Crippen LogP contribution in [0.15, 0.2) is 30.6 Å². The Kier molecular flexibility index (Phi) is 4.87. The fraction of sp³-hybridized carbons (Fsp3) is 0.429. The van der Waals surface area contributed by atoms with E-state index in [1.54, 1.807) is 0 Å². The number of hydrogen-bond acceptors (Lipinski definition) is 3. The number of nitrogens with zero attached hydrogens (tertiary/aromatic N) is 4. The topological polar surface area (TPSA) is 34.0 Å². The summed E-state index contributed by atoms with van der Waals surface area (Å²) in [6.07, 6.45) is 0.663. The van der Waals surface area contributed by atoms with Crippen LogP contribution in [0.1, 0.15) is 28.2 Å². The Balaban J connectivity index is 1.65. The zero-order valence-corrected chi connectivity index (χ0v) is 16.1. The first-order chi connectivity index (χ1) is 13.3. The van der Waals surface area contributed by atoms with E-state index >= 15 is 0 Å². The van der Waals surface area contributed by atoms with E-state index in [4.69, 9.17) is 0 Å². The Labute approximate surface area is 162 Å². The Bertz CT molecular complexity index is 990. The highest BCUT2D eigenvalue weighted by molar-refractivity contribution is 5.86. The van der Waals surface area contributed by atoms with Crippen molar-refractivity contribution >= 4 is 10.9 Å². The Morgan fingerprint density at radius 2 is 1.79 bits per heavy atom. The van der Waals surface area contributed by atoms with Gasteiger partial charge in [-0.25, -0.2) is 9.97 Å². The Morgan fingerprint density at radius 3 is 2.50 bits per heavy atom. The van der Waals surface area contributed by atoms with E-state index in [0.717, 1.165) is 25.9 Å². The van der Waals surface area contributed by atoms with Gasteiger partial charge in [-0.1, -0.05) is 11.6 Å². The van der Waals surface area contributed by atoms with Gasteiger partial charge < -0.3 is 9.47 Å². The third-order valence-electron chi connectivity index (χ3n) is 5.50. The van der Waals surface area contributed by atoms with Crippen molar-refractivity contribution in [2.75, 3.05) is 20.1 Å². The zero-order valence-electron chi connectivity index (χ0n) is 16.1. The smallest absolute Gasteiger partial charge is 0.344 e. The number of likely N-dealkylation sites (N-methyl/N-ethyl adjacent to an activating group) is 1. The van der Waals surface area contributed by atoms with Crippen molar-refractivity contribution in [3.05, 3.63) is 58.8 Å². The largest absolute Gasteiger partial charge is 0.451 e. The van der Waals surface area contributed by atoms with Crippen molar-refractivity contribution < 1.29 is 13.2 Å².